The van der Waals surface area contributed by atoms with E-state index in [9.17, 15) is 4.79 Å². The average molecular weight is 266 g/mol. The van der Waals surface area contributed by atoms with Crippen molar-refractivity contribution in [2.24, 2.45) is 0 Å². The van der Waals surface area contributed by atoms with Gasteiger partial charge in [-0.2, -0.15) is 0 Å². The van der Waals surface area contributed by atoms with Gasteiger partial charge in [0.2, 0.25) is 0 Å². The Labute approximate surface area is 113 Å². The molecule has 1 aromatic rings. The number of unbranched alkanes of at least 4 members (excludes halogenated alkanes) is 1. The number of aromatic nitrogens is 3. The Hall–Kier alpha value is -1.47. The molecule has 0 aromatic carbocycles. The predicted octanol–water partition coefficient (Wildman–Crippen LogP) is -0.506. The normalized spacial score (nSPS) is 15.5. The van der Waals surface area contributed by atoms with Crippen LogP contribution < -0.4 is 10.6 Å². The fourth-order valence-corrected chi connectivity index (χ4v) is 1.87. The van der Waals surface area contributed by atoms with Crippen molar-refractivity contribution in [3.05, 3.63) is 11.9 Å². The SMILES string of the molecule is CN(C)CCCCNC(=O)c1cn(C2CNC2)nn1. The molecule has 1 fully saturated rings. The highest BCUT2D eigenvalue weighted by atomic mass is 16.2. The Kier molecular flexibility index (Phi) is 4.86. The maximum atomic E-state index is 11.8. The van der Waals surface area contributed by atoms with E-state index in [0.29, 0.717) is 18.3 Å². The molecule has 0 saturated carbocycles. The van der Waals surface area contributed by atoms with Crippen molar-refractivity contribution >= 4 is 5.91 Å². The van der Waals surface area contributed by atoms with Crippen LogP contribution in [0.25, 0.3) is 0 Å². The quantitative estimate of drug-likeness (QED) is 0.650. The maximum absolute atomic E-state index is 11.8. The zero-order valence-electron chi connectivity index (χ0n) is 11.6. The molecule has 0 spiro atoms. The van der Waals surface area contributed by atoms with Crippen molar-refractivity contribution in [2.75, 3.05) is 40.3 Å². The minimum absolute atomic E-state index is 0.136. The van der Waals surface area contributed by atoms with Crippen molar-refractivity contribution < 1.29 is 4.79 Å². The van der Waals surface area contributed by atoms with Gasteiger partial charge in [0.25, 0.3) is 5.91 Å². The summed E-state index contributed by atoms with van der Waals surface area (Å²) in [5, 5.41) is 13.9. The predicted molar refractivity (Wildman–Crippen MR) is 72.0 cm³/mol. The van der Waals surface area contributed by atoms with Gasteiger partial charge in [0.15, 0.2) is 5.69 Å². The van der Waals surface area contributed by atoms with Crippen LogP contribution in [0.4, 0.5) is 0 Å². The summed E-state index contributed by atoms with van der Waals surface area (Å²) < 4.78 is 1.76. The molecule has 0 bridgehead atoms. The summed E-state index contributed by atoms with van der Waals surface area (Å²) in [6.45, 7) is 3.52. The van der Waals surface area contributed by atoms with Gasteiger partial charge in [0.05, 0.1) is 12.2 Å². The first-order chi connectivity index (χ1) is 9.16. The van der Waals surface area contributed by atoms with Gasteiger partial charge in [0, 0.05) is 19.6 Å². The van der Waals surface area contributed by atoms with Crippen LogP contribution in [0.3, 0.4) is 0 Å². The molecule has 0 radical (unpaired) electrons. The number of hydrogen-bond donors (Lipinski definition) is 2. The van der Waals surface area contributed by atoms with Crippen LogP contribution in [-0.2, 0) is 0 Å². The summed E-state index contributed by atoms with van der Waals surface area (Å²) in [4.78, 5) is 14.0. The lowest BCUT2D eigenvalue weighted by molar-refractivity contribution is 0.0947. The van der Waals surface area contributed by atoms with Gasteiger partial charge in [-0.05, 0) is 33.5 Å². The molecule has 2 rings (SSSR count). The van der Waals surface area contributed by atoms with Gasteiger partial charge in [-0.25, -0.2) is 4.68 Å². The van der Waals surface area contributed by atoms with E-state index in [-0.39, 0.29) is 5.91 Å². The van der Waals surface area contributed by atoms with E-state index in [1.54, 1.807) is 10.9 Å². The third-order valence-electron chi connectivity index (χ3n) is 3.19. The Morgan fingerprint density at radius 1 is 1.53 bits per heavy atom. The molecular formula is C12H22N6O. The number of hydrogen-bond acceptors (Lipinski definition) is 5. The van der Waals surface area contributed by atoms with E-state index in [2.05, 4.69) is 25.8 Å². The molecule has 106 valence electrons. The molecule has 1 aliphatic rings. The van der Waals surface area contributed by atoms with Crippen LogP contribution in [0.2, 0.25) is 0 Å². The average Bonchev–Trinajstić information content (AvgIpc) is 2.75. The highest BCUT2D eigenvalue weighted by Gasteiger charge is 2.21. The van der Waals surface area contributed by atoms with Crippen LogP contribution in [-0.4, -0.2) is 66.1 Å². The fraction of sp³-hybridized carbons (Fsp3) is 0.750. The second-order valence-corrected chi connectivity index (χ2v) is 5.16. The fourth-order valence-electron chi connectivity index (χ4n) is 1.87. The standard InChI is InChI=1S/C12H22N6O/c1-17(2)6-4-3-5-14-12(19)11-9-18(16-15-11)10-7-13-8-10/h9-10,13H,3-8H2,1-2H3,(H,14,19). The third-order valence-corrected chi connectivity index (χ3v) is 3.19. The van der Waals surface area contributed by atoms with Crippen molar-refractivity contribution in [1.29, 1.82) is 0 Å². The zero-order valence-corrected chi connectivity index (χ0v) is 11.6. The lowest BCUT2D eigenvalue weighted by Crippen LogP contribution is -2.43. The molecule has 19 heavy (non-hydrogen) atoms. The van der Waals surface area contributed by atoms with Gasteiger partial charge < -0.3 is 15.5 Å². The van der Waals surface area contributed by atoms with E-state index >= 15 is 0 Å². The Balaban J connectivity index is 1.69. The topological polar surface area (TPSA) is 75.1 Å². The molecular weight excluding hydrogens is 244 g/mol. The maximum Gasteiger partial charge on any atom is 0.273 e. The van der Waals surface area contributed by atoms with E-state index in [4.69, 9.17) is 0 Å². The van der Waals surface area contributed by atoms with Crippen molar-refractivity contribution in [3.8, 4) is 0 Å². The molecule has 1 aromatic heterocycles. The highest BCUT2D eigenvalue weighted by Crippen LogP contribution is 2.09. The van der Waals surface area contributed by atoms with Crippen LogP contribution in [0.1, 0.15) is 29.4 Å². The largest absolute Gasteiger partial charge is 0.351 e. The summed E-state index contributed by atoms with van der Waals surface area (Å²) in [5.74, 6) is -0.136. The third kappa shape index (κ3) is 4.00. The molecule has 0 aliphatic carbocycles. The van der Waals surface area contributed by atoms with Crippen molar-refractivity contribution in [1.82, 2.24) is 30.5 Å². The molecule has 2 heterocycles. The van der Waals surface area contributed by atoms with E-state index in [1.807, 2.05) is 14.1 Å². The van der Waals surface area contributed by atoms with Gasteiger partial charge in [0.1, 0.15) is 0 Å². The monoisotopic (exact) mass is 266 g/mol. The van der Waals surface area contributed by atoms with E-state index in [1.165, 1.54) is 0 Å². The number of amides is 1. The highest BCUT2D eigenvalue weighted by molar-refractivity contribution is 5.91. The van der Waals surface area contributed by atoms with Crippen LogP contribution in [0.5, 0.6) is 0 Å². The number of carbonyl (C=O) groups excluding carboxylic acids is 1. The molecule has 1 saturated heterocycles. The number of nitrogens with zero attached hydrogens (tertiary/aromatic N) is 4. The Bertz CT molecular complexity index is 412. The minimum atomic E-state index is -0.136. The summed E-state index contributed by atoms with van der Waals surface area (Å²) >= 11 is 0. The molecule has 7 heteroatoms. The minimum Gasteiger partial charge on any atom is -0.351 e. The van der Waals surface area contributed by atoms with Gasteiger partial charge >= 0.3 is 0 Å². The molecule has 0 atom stereocenters. The zero-order chi connectivity index (χ0) is 13.7. The molecule has 1 aliphatic heterocycles. The lowest BCUT2D eigenvalue weighted by atomic mass is 10.2. The second-order valence-electron chi connectivity index (χ2n) is 5.16. The number of rotatable bonds is 7. The summed E-state index contributed by atoms with van der Waals surface area (Å²) in [7, 11) is 4.10. The Morgan fingerprint density at radius 2 is 2.32 bits per heavy atom. The molecule has 2 N–H and O–H groups in total. The first-order valence-electron chi connectivity index (χ1n) is 6.72. The van der Waals surface area contributed by atoms with E-state index < -0.39 is 0 Å². The van der Waals surface area contributed by atoms with Gasteiger partial charge in [-0.1, -0.05) is 5.21 Å². The summed E-state index contributed by atoms with van der Waals surface area (Å²) in [6, 6.07) is 0.342. The number of nitrogens with one attached hydrogen (secondary N) is 2. The van der Waals surface area contributed by atoms with Crippen LogP contribution >= 0.6 is 0 Å². The Morgan fingerprint density at radius 3 is 2.95 bits per heavy atom. The van der Waals surface area contributed by atoms with Gasteiger partial charge in [-0.15, -0.1) is 5.10 Å². The lowest BCUT2D eigenvalue weighted by Gasteiger charge is -2.26. The smallest absolute Gasteiger partial charge is 0.273 e. The second kappa shape index (κ2) is 6.63. The van der Waals surface area contributed by atoms with Gasteiger partial charge in [-0.3, -0.25) is 4.79 Å². The molecule has 0 unspecified atom stereocenters. The first kappa shape index (κ1) is 14.0. The van der Waals surface area contributed by atoms with E-state index in [0.717, 1.165) is 32.5 Å². The van der Waals surface area contributed by atoms with Crippen molar-refractivity contribution in [3.63, 3.8) is 0 Å². The summed E-state index contributed by atoms with van der Waals surface area (Å²) in [6.07, 6.45) is 3.78. The van der Waals surface area contributed by atoms with Crippen LogP contribution in [0.15, 0.2) is 6.20 Å². The number of carbonyl (C=O) groups is 1. The molecule has 1 amide bonds. The molecule has 7 nitrogen and oxygen atoms in total. The van der Waals surface area contributed by atoms with Crippen molar-refractivity contribution in [2.45, 2.75) is 18.9 Å². The summed E-state index contributed by atoms with van der Waals surface area (Å²) in [5.41, 5.74) is 0.402. The van der Waals surface area contributed by atoms with Crippen LogP contribution in [0, 0.1) is 0 Å². The first-order valence-corrected chi connectivity index (χ1v) is 6.72.